The van der Waals surface area contributed by atoms with Crippen molar-refractivity contribution in [2.75, 3.05) is 33.3 Å². The summed E-state index contributed by atoms with van der Waals surface area (Å²) in [4.78, 5) is 11.0. The lowest BCUT2D eigenvalue weighted by Gasteiger charge is -2.35. The van der Waals surface area contributed by atoms with Crippen molar-refractivity contribution in [2.45, 2.75) is 45.3 Å². The molecule has 7 nitrogen and oxygen atoms in total. The molecule has 1 unspecified atom stereocenters. The summed E-state index contributed by atoms with van der Waals surface area (Å²) in [5, 5.41) is 6.60. The maximum atomic E-state index is 13.1. The van der Waals surface area contributed by atoms with Gasteiger partial charge in [0.15, 0.2) is 5.96 Å². The largest absolute Gasteiger partial charge is 0.497 e. The van der Waals surface area contributed by atoms with Gasteiger partial charge in [-0.15, -0.1) is 0 Å². The summed E-state index contributed by atoms with van der Waals surface area (Å²) in [6.45, 7) is 2.86. The zero-order valence-electron chi connectivity index (χ0n) is 18.2. The zero-order valence-corrected chi connectivity index (χ0v) is 18.2. The van der Waals surface area contributed by atoms with Crippen molar-refractivity contribution < 1.29 is 13.5 Å². The van der Waals surface area contributed by atoms with Crippen LogP contribution in [-0.4, -0.2) is 53.7 Å². The van der Waals surface area contributed by atoms with E-state index in [0.29, 0.717) is 19.0 Å². The van der Waals surface area contributed by atoms with Gasteiger partial charge < -0.3 is 15.4 Å². The SMILES string of the molecule is CCNC(=NCc1nccn1C(F)F)NCC(c1ccc(OC)cc1)N1CCCCC1. The summed E-state index contributed by atoms with van der Waals surface area (Å²) >= 11 is 0. The number of imidazole rings is 1. The molecule has 1 aliphatic rings. The van der Waals surface area contributed by atoms with Crippen LogP contribution in [0.25, 0.3) is 0 Å². The Hall–Kier alpha value is -2.68. The third kappa shape index (κ3) is 6.40. The number of hydrogen-bond donors (Lipinski definition) is 2. The molecule has 170 valence electrons. The van der Waals surface area contributed by atoms with E-state index in [1.54, 1.807) is 7.11 Å². The lowest BCUT2D eigenvalue weighted by molar-refractivity contribution is 0.0671. The molecule has 2 N–H and O–H groups in total. The Morgan fingerprint density at radius 3 is 2.55 bits per heavy atom. The maximum absolute atomic E-state index is 13.1. The van der Waals surface area contributed by atoms with Gasteiger partial charge in [-0.1, -0.05) is 18.6 Å². The van der Waals surface area contributed by atoms with E-state index < -0.39 is 6.55 Å². The predicted molar refractivity (Wildman–Crippen MR) is 117 cm³/mol. The molecule has 31 heavy (non-hydrogen) atoms. The van der Waals surface area contributed by atoms with E-state index in [0.717, 1.165) is 23.4 Å². The molecule has 1 aromatic heterocycles. The highest BCUT2D eigenvalue weighted by Gasteiger charge is 2.22. The number of likely N-dealkylation sites (tertiary alicyclic amines) is 1. The van der Waals surface area contributed by atoms with Crippen LogP contribution >= 0.6 is 0 Å². The Balaban J connectivity index is 1.72. The van der Waals surface area contributed by atoms with Gasteiger partial charge in [0, 0.05) is 25.5 Å². The Labute approximate surface area is 182 Å². The number of methoxy groups -OCH3 is 1. The zero-order chi connectivity index (χ0) is 22.1. The van der Waals surface area contributed by atoms with Crippen molar-refractivity contribution in [3.05, 3.63) is 48.0 Å². The Bertz CT molecular complexity index is 818. The summed E-state index contributed by atoms with van der Waals surface area (Å²) in [6, 6.07) is 8.34. The highest BCUT2D eigenvalue weighted by molar-refractivity contribution is 5.79. The fraction of sp³-hybridized carbons (Fsp3) is 0.545. The molecule has 0 aliphatic carbocycles. The van der Waals surface area contributed by atoms with Crippen LogP contribution in [0.2, 0.25) is 0 Å². The molecule has 0 spiro atoms. The number of aromatic nitrogens is 2. The summed E-state index contributed by atoms with van der Waals surface area (Å²) in [6.07, 6.45) is 6.29. The van der Waals surface area contributed by atoms with Crippen molar-refractivity contribution in [1.82, 2.24) is 25.1 Å². The van der Waals surface area contributed by atoms with E-state index in [4.69, 9.17) is 4.74 Å². The molecule has 3 rings (SSSR count). The molecule has 1 aromatic carbocycles. The summed E-state index contributed by atoms with van der Waals surface area (Å²) < 4.78 is 32.3. The van der Waals surface area contributed by atoms with Crippen LogP contribution in [0.4, 0.5) is 8.78 Å². The van der Waals surface area contributed by atoms with Crippen LogP contribution in [0.1, 0.15) is 50.2 Å². The van der Waals surface area contributed by atoms with E-state index in [1.165, 1.54) is 37.2 Å². The number of piperidine rings is 1. The van der Waals surface area contributed by atoms with Gasteiger partial charge in [0.25, 0.3) is 0 Å². The second-order valence-corrected chi connectivity index (χ2v) is 7.49. The molecule has 1 saturated heterocycles. The van der Waals surface area contributed by atoms with Gasteiger partial charge >= 0.3 is 6.55 Å². The van der Waals surface area contributed by atoms with Gasteiger partial charge in [-0.05, 0) is 50.6 Å². The van der Waals surface area contributed by atoms with E-state index in [9.17, 15) is 8.78 Å². The molecular formula is C22H32F2N6O. The average Bonchev–Trinajstić information content (AvgIpc) is 3.28. The number of rotatable bonds is 9. The monoisotopic (exact) mass is 434 g/mol. The lowest BCUT2D eigenvalue weighted by Crippen LogP contribution is -2.44. The van der Waals surface area contributed by atoms with E-state index in [-0.39, 0.29) is 18.4 Å². The molecule has 2 aromatic rings. The van der Waals surface area contributed by atoms with Gasteiger partial charge in [-0.25, -0.2) is 9.98 Å². The van der Waals surface area contributed by atoms with Crippen LogP contribution in [0, 0.1) is 0 Å². The van der Waals surface area contributed by atoms with E-state index in [1.807, 2.05) is 19.1 Å². The van der Waals surface area contributed by atoms with Crippen LogP contribution < -0.4 is 15.4 Å². The van der Waals surface area contributed by atoms with Crippen molar-refractivity contribution >= 4 is 5.96 Å². The second-order valence-electron chi connectivity index (χ2n) is 7.49. The van der Waals surface area contributed by atoms with Crippen molar-refractivity contribution in [1.29, 1.82) is 0 Å². The Morgan fingerprint density at radius 2 is 1.90 bits per heavy atom. The maximum Gasteiger partial charge on any atom is 0.319 e. The lowest BCUT2D eigenvalue weighted by atomic mass is 10.0. The summed E-state index contributed by atoms with van der Waals surface area (Å²) in [7, 11) is 1.66. The van der Waals surface area contributed by atoms with Crippen molar-refractivity contribution in [3.8, 4) is 5.75 Å². The fourth-order valence-electron chi connectivity index (χ4n) is 3.84. The molecule has 0 radical (unpaired) electrons. The molecule has 9 heteroatoms. The smallest absolute Gasteiger partial charge is 0.319 e. The number of halogens is 2. The molecule has 1 atom stereocenters. The van der Waals surface area contributed by atoms with E-state index >= 15 is 0 Å². The first-order valence-corrected chi connectivity index (χ1v) is 10.8. The van der Waals surface area contributed by atoms with Gasteiger partial charge in [-0.2, -0.15) is 8.78 Å². The fourth-order valence-corrected chi connectivity index (χ4v) is 3.84. The van der Waals surface area contributed by atoms with E-state index in [2.05, 4.69) is 37.6 Å². The quantitative estimate of drug-likeness (QED) is 0.467. The summed E-state index contributed by atoms with van der Waals surface area (Å²) in [5.41, 5.74) is 1.21. The van der Waals surface area contributed by atoms with Crippen LogP contribution in [0.5, 0.6) is 5.75 Å². The van der Waals surface area contributed by atoms with Gasteiger partial charge in [0.1, 0.15) is 18.1 Å². The molecule has 2 heterocycles. The predicted octanol–water partition coefficient (Wildman–Crippen LogP) is 3.57. The normalized spacial score (nSPS) is 16.4. The van der Waals surface area contributed by atoms with Gasteiger partial charge in [0.2, 0.25) is 0 Å². The van der Waals surface area contributed by atoms with Crippen LogP contribution in [0.3, 0.4) is 0 Å². The second kappa shape index (κ2) is 11.6. The van der Waals surface area contributed by atoms with Gasteiger partial charge in [0.05, 0.1) is 13.2 Å². The minimum Gasteiger partial charge on any atom is -0.497 e. The molecule has 0 amide bonds. The van der Waals surface area contributed by atoms with Crippen molar-refractivity contribution in [3.63, 3.8) is 0 Å². The highest BCUT2D eigenvalue weighted by atomic mass is 19.3. The number of nitrogens with zero attached hydrogens (tertiary/aromatic N) is 4. The molecule has 0 bridgehead atoms. The van der Waals surface area contributed by atoms with Crippen molar-refractivity contribution in [2.24, 2.45) is 4.99 Å². The number of benzene rings is 1. The minimum atomic E-state index is -2.62. The Kier molecular flexibility index (Phi) is 8.63. The number of aliphatic imine (C=N–C) groups is 1. The first-order valence-electron chi connectivity index (χ1n) is 10.8. The van der Waals surface area contributed by atoms with Crippen LogP contribution in [0.15, 0.2) is 41.7 Å². The topological polar surface area (TPSA) is 66.7 Å². The third-order valence-electron chi connectivity index (χ3n) is 5.48. The highest BCUT2D eigenvalue weighted by Crippen LogP contribution is 2.26. The number of nitrogens with one attached hydrogen (secondary N) is 2. The first-order chi connectivity index (χ1) is 15.1. The number of alkyl halides is 2. The molecular weight excluding hydrogens is 402 g/mol. The first kappa shape index (κ1) is 23.0. The number of ether oxygens (including phenoxy) is 1. The molecule has 1 aliphatic heterocycles. The number of hydrogen-bond acceptors (Lipinski definition) is 4. The van der Waals surface area contributed by atoms with Gasteiger partial charge in [-0.3, -0.25) is 9.47 Å². The molecule has 1 fully saturated rings. The van der Waals surface area contributed by atoms with Crippen LogP contribution in [-0.2, 0) is 6.54 Å². The third-order valence-corrected chi connectivity index (χ3v) is 5.48. The Morgan fingerprint density at radius 1 is 1.16 bits per heavy atom. The molecule has 0 saturated carbocycles. The minimum absolute atomic E-state index is 0.0730. The average molecular weight is 435 g/mol. The summed E-state index contributed by atoms with van der Waals surface area (Å²) in [5.74, 6) is 1.65. The standard InChI is InChI=1S/C22H32F2N6O/c1-3-25-22(28-16-20-26-11-14-30(20)21(23)24)27-15-19(29-12-5-4-6-13-29)17-7-9-18(31-2)10-8-17/h7-11,14,19,21H,3-6,12-13,15-16H2,1-2H3,(H2,25,27,28). The number of guanidine groups is 1.